The molecule has 3 aliphatic rings. The van der Waals surface area contributed by atoms with Crippen LogP contribution in [-0.2, 0) is 24.4 Å². The zero-order chi connectivity index (χ0) is 24.4. The lowest BCUT2D eigenvalue weighted by Crippen LogP contribution is -2.42. The number of halogens is 1. The van der Waals surface area contributed by atoms with Crippen LogP contribution in [0.2, 0.25) is 5.02 Å². The molecule has 0 aromatic heterocycles. The van der Waals surface area contributed by atoms with E-state index in [2.05, 4.69) is 0 Å². The van der Waals surface area contributed by atoms with Crippen molar-refractivity contribution >= 4 is 39.2 Å². The van der Waals surface area contributed by atoms with Crippen LogP contribution in [0.1, 0.15) is 30.5 Å². The Morgan fingerprint density at radius 2 is 1.65 bits per heavy atom. The number of rotatable bonds is 4. The number of hydrogen-bond acceptors (Lipinski definition) is 5. The Kier molecular flexibility index (Phi) is 5.66. The molecule has 2 amide bonds. The van der Waals surface area contributed by atoms with Crippen LogP contribution in [0.15, 0.2) is 53.4 Å². The van der Waals surface area contributed by atoms with Gasteiger partial charge in [-0.05, 0) is 49.1 Å². The molecular formula is C25H25ClN2O5S. The van der Waals surface area contributed by atoms with E-state index in [0.29, 0.717) is 16.1 Å². The summed E-state index contributed by atoms with van der Waals surface area (Å²) in [6, 6.07) is 12.7. The highest BCUT2D eigenvalue weighted by atomic mass is 35.5. The predicted molar refractivity (Wildman–Crippen MR) is 125 cm³/mol. The maximum atomic E-state index is 13.9. The van der Waals surface area contributed by atoms with Crippen molar-refractivity contribution in [2.75, 3.05) is 13.1 Å². The number of carbonyl (C=O) groups excluding carboxylic acids is 3. The summed E-state index contributed by atoms with van der Waals surface area (Å²) < 4.78 is 29.2. The summed E-state index contributed by atoms with van der Waals surface area (Å²) in [5, 5.41) is 0.497. The quantitative estimate of drug-likeness (QED) is 0.601. The average Bonchev–Trinajstić information content (AvgIpc) is 3.31. The van der Waals surface area contributed by atoms with Crippen molar-refractivity contribution in [3.63, 3.8) is 0 Å². The Morgan fingerprint density at radius 1 is 0.971 bits per heavy atom. The Morgan fingerprint density at radius 3 is 2.29 bits per heavy atom. The van der Waals surface area contributed by atoms with Crippen LogP contribution in [0.25, 0.3) is 0 Å². The molecule has 9 heteroatoms. The van der Waals surface area contributed by atoms with Crippen LogP contribution in [0.3, 0.4) is 0 Å². The van der Waals surface area contributed by atoms with Gasteiger partial charge in [0, 0.05) is 30.5 Å². The van der Waals surface area contributed by atoms with E-state index in [1.807, 2.05) is 0 Å². The number of likely N-dealkylation sites (tertiary alicyclic amines) is 1. The van der Waals surface area contributed by atoms with Crippen molar-refractivity contribution < 1.29 is 22.8 Å². The second kappa shape index (κ2) is 8.29. The lowest BCUT2D eigenvalue weighted by Gasteiger charge is -2.33. The Hall–Kier alpha value is -2.55. The molecule has 2 aliphatic heterocycles. The molecule has 2 aromatic carbocycles. The Balaban J connectivity index is 1.66. The van der Waals surface area contributed by atoms with Crippen LogP contribution < -0.4 is 0 Å². The van der Waals surface area contributed by atoms with E-state index < -0.39 is 39.7 Å². The normalized spacial score (nSPS) is 29.4. The molecule has 1 aliphatic carbocycles. The molecule has 5 rings (SSSR count). The molecule has 2 aromatic rings. The highest BCUT2D eigenvalue weighted by Crippen LogP contribution is 2.54. The number of sulfonamides is 1. The van der Waals surface area contributed by atoms with Crippen molar-refractivity contribution in [1.29, 1.82) is 0 Å². The SMILES string of the molecule is CCN1C(=O)[C@@H]2[C@@H]3CN(S(=O)(=O)c4ccccc4C)[C@@H](c4ccc(Cl)cc4)[C@@H]3C(=O)C[C@@H]2C1=O. The van der Waals surface area contributed by atoms with Crippen LogP contribution >= 0.6 is 11.6 Å². The maximum absolute atomic E-state index is 13.9. The predicted octanol–water partition coefficient (Wildman–Crippen LogP) is 3.22. The highest BCUT2D eigenvalue weighted by molar-refractivity contribution is 7.89. The number of hydrogen-bond donors (Lipinski definition) is 0. The number of carbonyl (C=O) groups is 3. The van der Waals surface area contributed by atoms with Crippen molar-refractivity contribution in [3.05, 3.63) is 64.7 Å². The van der Waals surface area contributed by atoms with E-state index in [1.54, 1.807) is 62.4 Å². The van der Waals surface area contributed by atoms with E-state index in [4.69, 9.17) is 11.6 Å². The fourth-order valence-electron chi connectivity index (χ4n) is 6.03. The first-order valence-corrected chi connectivity index (χ1v) is 13.2. The van der Waals surface area contributed by atoms with Crippen molar-refractivity contribution in [3.8, 4) is 0 Å². The van der Waals surface area contributed by atoms with Crippen molar-refractivity contribution in [2.24, 2.45) is 23.7 Å². The second-order valence-electron chi connectivity index (χ2n) is 9.25. The van der Waals surface area contributed by atoms with Gasteiger partial charge < -0.3 is 0 Å². The molecule has 0 spiro atoms. The zero-order valence-electron chi connectivity index (χ0n) is 18.8. The molecule has 0 N–H and O–H groups in total. The minimum Gasteiger partial charge on any atom is -0.299 e. The minimum absolute atomic E-state index is 0.00188. The average molecular weight is 501 g/mol. The number of aryl methyl sites for hydroxylation is 1. The standard InChI is InChI=1S/C25H25ClN2O5S/c1-3-27-24(30)17-12-19(29)22-18(21(17)25(27)31)13-28(23(22)15-8-10-16(26)11-9-15)34(32,33)20-7-5-4-6-14(20)2/h4-11,17-18,21-23H,3,12-13H2,1-2H3/t17-,18-,21-,22-,23-/m0/s1. The first-order chi connectivity index (χ1) is 16.2. The summed E-state index contributed by atoms with van der Waals surface area (Å²) in [5.74, 6) is -3.49. The number of benzene rings is 2. The van der Waals surface area contributed by atoms with Gasteiger partial charge in [-0.3, -0.25) is 19.3 Å². The minimum atomic E-state index is -4.00. The summed E-state index contributed by atoms with van der Waals surface area (Å²) in [6.07, 6.45) is -0.0464. The summed E-state index contributed by atoms with van der Waals surface area (Å²) >= 11 is 6.08. The molecule has 34 heavy (non-hydrogen) atoms. The summed E-state index contributed by atoms with van der Waals surface area (Å²) in [6.45, 7) is 3.69. The smallest absolute Gasteiger partial charge is 0.243 e. The maximum Gasteiger partial charge on any atom is 0.243 e. The molecule has 7 nitrogen and oxygen atoms in total. The molecule has 2 heterocycles. The topological polar surface area (TPSA) is 91.8 Å². The lowest BCUT2D eigenvalue weighted by atomic mass is 9.66. The summed E-state index contributed by atoms with van der Waals surface area (Å²) in [5.41, 5.74) is 1.24. The molecule has 0 unspecified atom stereocenters. The number of imide groups is 1. The largest absolute Gasteiger partial charge is 0.299 e. The number of nitrogens with zero attached hydrogens (tertiary/aromatic N) is 2. The van der Waals surface area contributed by atoms with E-state index in [0.717, 1.165) is 0 Å². The van der Waals surface area contributed by atoms with E-state index in [9.17, 15) is 22.8 Å². The van der Waals surface area contributed by atoms with Crippen LogP contribution in [0.5, 0.6) is 0 Å². The van der Waals surface area contributed by atoms with Gasteiger partial charge in [-0.1, -0.05) is 41.9 Å². The van der Waals surface area contributed by atoms with Gasteiger partial charge in [0.15, 0.2) is 0 Å². The molecule has 178 valence electrons. The van der Waals surface area contributed by atoms with Gasteiger partial charge in [-0.25, -0.2) is 8.42 Å². The van der Waals surface area contributed by atoms with Crippen LogP contribution in [0, 0.1) is 30.6 Å². The number of ketones is 1. The fourth-order valence-corrected chi connectivity index (χ4v) is 8.05. The molecule has 5 atom stereocenters. The number of Topliss-reactive ketones (excluding diaryl/α,β-unsaturated/α-hetero) is 1. The van der Waals surface area contributed by atoms with E-state index >= 15 is 0 Å². The Labute approximate surface area is 203 Å². The van der Waals surface area contributed by atoms with Gasteiger partial charge in [0.05, 0.1) is 22.8 Å². The van der Waals surface area contributed by atoms with E-state index in [1.165, 1.54) is 9.21 Å². The first-order valence-electron chi connectivity index (χ1n) is 11.4. The first kappa shape index (κ1) is 23.2. The van der Waals surface area contributed by atoms with Crippen molar-refractivity contribution in [2.45, 2.75) is 31.2 Å². The Bertz CT molecular complexity index is 1290. The van der Waals surface area contributed by atoms with Crippen LogP contribution in [0.4, 0.5) is 0 Å². The summed E-state index contributed by atoms with van der Waals surface area (Å²) in [7, 11) is -4.00. The van der Waals surface area contributed by atoms with Gasteiger partial charge in [-0.15, -0.1) is 0 Å². The number of amides is 2. The fraction of sp³-hybridized carbons (Fsp3) is 0.400. The summed E-state index contributed by atoms with van der Waals surface area (Å²) in [4.78, 5) is 40.9. The van der Waals surface area contributed by atoms with Crippen LogP contribution in [-0.4, -0.2) is 48.3 Å². The van der Waals surface area contributed by atoms with Gasteiger partial charge in [0.25, 0.3) is 0 Å². The molecular weight excluding hydrogens is 476 g/mol. The molecule has 0 bridgehead atoms. The van der Waals surface area contributed by atoms with Gasteiger partial charge in [0.2, 0.25) is 21.8 Å². The van der Waals surface area contributed by atoms with Gasteiger partial charge in [-0.2, -0.15) is 4.31 Å². The highest BCUT2D eigenvalue weighted by Gasteiger charge is 2.63. The zero-order valence-corrected chi connectivity index (χ0v) is 20.4. The second-order valence-corrected chi connectivity index (χ2v) is 11.5. The molecule has 2 saturated heterocycles. The third-order valence-corrected chi connectivity index (χ3v) is 9.79. The molecule has 1 saturated carbocycles. The third kappa shape index (κ3) is 3.34. The monoisotopic (exact) mass is 500 g/mol. The van der Waals surface area contributed by atoms with Crippen molar-refractivity contribution in [1.82, 2.24) is 9.21 Å². The lowest BCUT2D eigenvalue weighted by molar-refractivity contribution is -0.140. The number of fused-ring (bicyclic) bond motifs is 3. The third-order valence-electron chi connectivity index (χ3n) is 7.53. The molecule has 0 radical (unpaired) electrons. The van der Waals surface area contributed by atoms with Gasteiger partial charge >= 0.3 is 0 Å². The molecule has 3 fully saturated rings. The van der Waals surface area contributed by atoms with Gasteiger partial charge in [0.1, 0.15) is 5.78 Å². The van der Waals surface area contributed by atoms with E-state index in [-0.39, 0.29) is 42.0 Å².